The van der Waals surface area contributed by atoms with Crippen LogP contribution in [0.5, 0.6) is 0 Å². The van der Waals surface area contributed by atoms with Crippen LogP contribution in [0.1, 0.15) is 5.69 Å². The molecule has 0 saturated heterocycles. The first-order valence-corrected chi connectivity index (χ1v) is 11.0. The molecule has 2 rings (SSSR count). The van der Waals surface area contributed by atoms with Crippen molar-refractivity contribution in [3.05, 3.63) is 36.3 Å². The molecule has 23 heavy (non-hydrogen) atoms. The van der Waals surface area contributed by atoms with Gasteiger partial charge in [0.2, 0.25) is 0 Å². The van der Waals surface area contributed by atoms with E-state index in [4.69, 9.17) is 4.74 Å². The average Bonchev–Trinajstić information content (AvgIpc) is 2.88. The Balaban J connectivity index is 2.18. The van der Waals surface area contributed by atoms with Crippen LogP contribution in [0, 0.1) is 0 Å². The maximum absolute atomic E-state index is 12.9. The van der Waals surface area contributed by atoms with Crippen molar-refractivity contribution in [1.29, 1.82) is 0 Å². The molecule has 0 bridgehead atoms. The fourth-order valence-electron chi connectivity index (χ4n) is 1.89. The number of rotatable bonds is 6. The van der Waals surface area contributed by atoms with E-state index in [1.807, 2.05) is 0 Å². The summed E-state index contributed by atoms with van der Waals surface area (Å²) in [5.74, 6) is 0.158. The maximum atomic E-state index is 12.9. The van der Waals surface area contributed by atoms with Gasteiger partial charge in [-0.05, 0) is 18.2 Å². The number of alkyl halides is 3. The lowest BCUT2D eigenvalue weighted by Gasteiger charge is -2.16. The van der Waals surface area contributed by atoms with E-state index in [9.17, 15) is 13.2 Å². The first-order chi connectivity index (χ1) is 10.7. The van der Waals surface area contributed by atoms with Gasteiger partial charge in [0, 0.05) is 27.1 Å². The third kappa shape index (κ3) is 5.17. The predicted molar refractivity (Wildman–Crippen MR) is 84.6 cm³/mol. The van der Waals surface area contributed by atoms with Crippen LogP contribution in [-0.4, -0.2) is 29.2 Å². The van der Waals surface area contributed by atoms with Crippen molar-refractivity contribution in [3.8, 4) is 11.5 Å². The summed E-state index contributed by atoms with van der Waals surface area (Å²) >= 11 is 0. The van der Waals surface area contributed by atoms with Crippen molar-refractivity contribution in [3.63, 3.8) is 0 Å². The van der Waals surface area contributed by atoms with Gasteiger partial charge < -0.3 is 9.30 Å². The number of hydrogen-bond acceptors (Lipinski definition) is 3. The molecule has 0 saturated carbocycles. The number of ether oxygens (including phenoxy) is 1. The van der Waals surface area contributed by atoms with E-state index in [1.165, 1.54) is 10.8 Å². The zero-order valence-corrected chi connectivity index (χ0v) is 14.4. The van der Waals surface area contributed by atoms with Gasteiger partial charge in [-0.3, -0.25) is 4.98 Å². The second-order valence-electron chi connectivity index (χ2n) is 6.48. The van der Waals surface area contributed by atoms with Gasteiger partial charge in [-0.1, -0.05) is 25.7 Å². The molecule has 2 heterocycles. The zero-order chi connectivity index (χ0) is 17.1. The van der Waals surface area contributed by atoms with Gasteiger partial charge in [0.05, 0.1) is 0 Å². The van der Waals surface area contributed by atoms with Crippen LogP contribution >= 0.6 is 0 Å². The molecule has 4 nitrogen and oxygen atoms in total. The molecule has 0 aliphatic carbocycles. The molecule has 0 N–H and O–H groups in total. The van der Waals surface area contributed by atoms with E-state index < -0.39 is 19.9 Å². The van der Waals surface area contributed by atoms with Gasteiger partial charge in [0.1, 0.15) is 12.4 Å². The van der Waals surface area contributed by atoms with Gasteiger partial charge >= 0.3 is 6.18 Å². The minimum absolute atomic E-state index is 0.0272. The summed E-state index contributed by atoms with van der Waals surface area (Å²) in [4.78, 5) is 7.76. The maximum Gasteiger partial charge on any atom is 0.434 e. The van der Waals surface area contributed by atoms with Gasteiger partial charge in [-0.2, -0.15) is 13.2 Å². The third-order valence-corrected chi connectivity index (χ3v) is 4.89. The van der Waals surface area contributed by atoms with Gasteiger partial charge in [-0.25, -0.2) is 4.98 Å². The van der Waals surface area contributed by atoms with Gasteiger partial charge in [0.25, 0.3) is 0 Å². The Kier molecular flexibility index (Phi) is 5.25. The highest BCUT2D eigenvalue weighted by Gasteiger charge is 2.35. The second-order valence-corrected chi connectivity index (χ2v) is 12.1. The van der Waals surface area contributed by atoms with Crippen molar-refractivity contribution in [2.45, 2.75) is 38.6 Å². The molecule has 2 aromatic heterocycles. The summed E-state index contributed by atoms with van der Waals surface area (Å²) < 4.78 is 45.6. The molecular formula is C15H20F3N3OSi. The van der Waals surface area contributed by atoms with Crippen molar-refractivity contribution in [1.82, 2.24) is 14.5 Å². The van der Waals surface area contributed by atoms with Gasteiger partial charge in [-0.15, -0.1) is 0 Å². The first-order valence-electron chi connectivity index (χ1n) is 7.30. The molecule has 0 atom stereocenters. The van der Waals surface area contributed by atoms with Crippen LogP contribution in [0.3, 0.4) is 0 Å². The molecule has 0 aliphatic heterocycles. The van der Waals surface area contributed by atoms with Crippen molar-refractivity contribution in [2.24, 2.45) is 0 Å². The molecule has 0 amide bonds. The molecule has 0 aliphatic rings. The van der Waals surface area contributed by atoms with Crippen LogP contribution in [0.15, 0.2) is 30.6 Å². The summed E-state index contributed by atoms with van der Waals surface area (Å²) in [6.45, 7) is 7.20. The molecule has 126 valence electrons. The van der Waals surface area contributed by atoms with E-state index in [-0.39, 0.29) is 12.6 Å². The molecule has 0 radical (unpaired) electrons. The number of hydrogen-bond donors (Lipinski definition) is 0. The predicted octanol–water partition coefficient (Wildman–Crippen LogP) is 4.28. The Hall–Kier alpha value is -1.67. The Morgan fingerprint density at radius 1 is 1.22 bits per heavy atom. The van der Waals surface area contributed by atoms with Crippen LogP contribution in [0.25, 0.3) is 11.5 Å². The highest BCUT2D eigenvalue weighted by atomic mass is 28.3. The minimum Gasteiger partial charge on any atom is -0.361 e. The topological polar surface area (TPSA) is 39.9 Å². The lowest BCUT2D eigenvalue weighted by molar-refractivity contribution is -0.141. The summed E-state index contributed by atoms with van der Waals surface area (Å²) in [5.41, 5.74) is -0.552. The van der Waals surface area contributed by atoms with Crippen LogP contribution in [-0.2, 0) is 17.6 Å². The second kappa shape index (κ2) is 6.84. The van der Waals surface area contributed by atoms with Crippen LogP contribution in [0.2, 0.25) is 25.7 Å². The Bertz CT molecular complexity index is 636. The monoisotopic (exact) mass is 343 g/mol. The normalized spacial score (nSPS) is 12.6. The van der Waals surface area contributed by atoms with Gasteiger partial charge in [0.15, 0.2) is 11.5 Å². The third-order valence-electron chi connectivity index (χ3n) is 3.19. The number of imidazole rings is 1. The van der Waals surface area contributed by atoms with Crippen molar-refractivity contribution in [2.75, 3.05) is 6.61 Å². The van der Waals surface area contributed by atoms with E-state index in [2.05, 4.69) is 29.6 Å². The molecule has 0 fully saturated rings. The molecular weight excluding hydrogens is 323 g/mol. The minimum atomic E-state index is -4.49. The van der Waals surface area contributed by atoms with E-state index in [0.29, 0.717) is 12.3 Å². The SMILES string of the molecule is C[Si](C)(C)CCOCn1cc(C(F)(F)F)nc1-c1ccccn1. The first kappa shape index (κ1) is 17.7. The molecule has 8 heteroatoms. The van der Waals surface area contributed by atoms with E-state index >= 15 is 0 Å². The highest BCUT2D eigenvalue weighted by molar-refractivity contribution is 6.76. The van der Waals surface area contributed by atoms with Crippen LogP contribution in [0.4, 0.5) is 13.2 Å². The number of nitrogens with zero attached hydrogens (tertiary/aromatic N) is 3. The lowest BCUT2D eigenvalue weighted by Crippen LogP contribution is -2.22. The number of aromatic nitrogens is 3. The molecule has 0 unspecified atom stereocenters. The smallest absolute Gasteiger partial charge is 0.361 e. The van der Waals surface area contributed by atoms with Crippen molar-refractivity contribution >= 4 is 8.07 Å². The quantitative estimate of drug-likeness (QED) is 0.581. The summed E-state index contributed by atoms with van der Waals surface area (Å²) in [6.07, 6.45) is -2.00. The number of pyridine rings is 1. The molecule has 0 aromatic carbocycles. The zero-order valence-electron chi connectivity index (χ0n) is 13.4. The fourth-order valence-corrected chi connectivity index (χ4v) is 2.65. The average molecular weight is 343 g/mol. The lowest BCUT2D eigenvalue weighted by atomic mass is 10.3. The van der Waals surface area contributed by atoms with Crippen molar-refractivity contribution < 1.29 is 17.9 Å². The van der Waals surface area contributed by atoms with E-state index in [0.717, 1.165) is 12.2 Å². The number of halogens is 3. The van der Waals surface area contributed by atoms with E-state index in [1.54, 1.807) is 18.2 Å². The summed E-state index contributed by atoms with van der Waals surface area (Å²) in [7, 11) is -1.24. The molecule has 0 spiro atoms. The fraction of sp³-hybridized carbons (Fsp3) is 0.467. The Labute approximate surface area is 134 Å². The Morgan fingerprint density at radius 3 is 2.52 bits per heavy atom. The highest BCUT2D eigenvalue weighted by Crippen LogP contribution is 2.30. The largest absolute Gasteiger partial charge is 0.434 e. The van der Waals surface area contributed by atoms with Crippen LogP contribution < -0.4 is 0 Å². The summed E-state index contributed by atoms with van der Waals surface area (Å²) in [6, 6.07) is 5.99. The Morgan fingerprint density at radius 2 is 1.96 bits per heavy atom. The summed E-state index contributed by atoms with van der Waals surface area (Å²) in [5, 5.41) is 0. The molecule has 2 aromatic rings. The standard InChI is InChI=1S/C15H20F3N3OSi/c1-23(2,3)9-8-22-11-21-10-13(15(16,17)18)20-14(21)12-6-4-5-7-19-12/h4-7,10H,8-9,11H2,1-3H3.